The SMILES string of the molecule is OC[C@H]1O[C@H](O)[C@H](O[C@H]2C[C@@H](O)[C@H](O)[C@@H](CO)O2)[C@@H](O)[C@@H]1O. The van der Waals surface area contributed by atoms with Gasteiger partial charge < -0.3 is 50.0 Å². The van der Waals surface area contributed by atoms with Crippen molar-refractivity contribution >= 4 is 0 Å². The standard InChI is InChI=1S/C12H22O10/c13-2-5-8(16)4(15)1-7(20-5)22-11-10(18)9(17)6(3-14)21-12(11)19/h4-19H,1-3H2/t4-,5-,6-,7+,8+,9-,10+,11-,12+/m1/s1. The highest BCUT2D eigenvalue weighted by atomic mass is 16.7. The minimum absolute atomic E-state index is 0.160. The van der Waals surface area contributed by atoms with E-state index >= 15 is 0 Å². The summed E-state index contributed by atoms with van der Waals surface area (Å²) < 4.78 is 15.4. The highest BCUT2D eigenvalue weighted by Crippen LogP contribution is 2.27. The highest BCUT2D eigenvalue weighted by molar-refractivity contribution is 4.90. The van der Waals surface area contributed by atoms with Crippen molar-refractivity contribution in [2.75, 3.05) is 13.2 Å². The van der Waals surface area contributed by atoms with Gasteiger partial charge in [-0.3, -0.25) is 0 Å². The molecule has 0 unspecified atom stereocenters. The van der Waals surface area contributed by atoms with E-state index in [4.69, 9.17) is 24.4 Å². The minimum atomic E-state index is -1.63. The van der Waals surface area contributed by atoms with Gasteiger partial charge in [0.25, 0.3) is 0 Å². The van der Waals surface area contributed by atoms with Crippen molar-refractivity contribution in [3.63, 3.8) is 0 Å². The summed E-state index contributed by atoms with van der Waals surface area (Å²) >= 11 is 0. The molecule has 0 aliphatic carbocycles. The van der Waals surface area contributed by atoms with Crippen molar-refractivity contribution in [1.29, 1.82) is 0 Å². The first-order valence-corrected chi connectivity index (χ1v) is 6.97. The molecule has 0 radical (unpaired) electrons. The van der Waals surface area contributed by atoms with E-state index in [2.05, 4.69) is 0 Å². The van der Waals surface area contributed by atoms with Crippen LogP contribution in [0, 0.1) is 0 Å². The summed E-state index contributed by atoms with van der Waals surface area (Å²) in [6.45, 7) is -1.15. The molecule has 22 heavy (non-hydrogen) atoms. The van der Waals surface area contributed by atoms with Crippen molar-refractivity contribution in [2.24, 2.45) is 0 Å². The van der Waals surface area contributed by atoms with Crippen LogP contribution in [0.1, 0.15) is 6.42 Å². The van der Waals surface area contributed by atoms with Crippen LogP contribution >= 0.6 is 0 Å². The van der Waals surface area contributed by atoms with Gasteiger partial charge in [0.1, 0.15) is 36.6 Å². The van der Waals surface area contributed by atoms with Crippen molar-refractivity contribution in [2.45, 2.75) is 61.7 Å². The first-order valence-electron chi connectivity index (χ1n) is 6.97. The third-order valence-electron chi connectivity index (χ3n) is 3.87. The molecule has 2 heterocycles. The molecule has 0 aromatic rings. The maximum absolute atomic E-state index is 9.94. The lowest BCUT2D eigenvalue weighted by Crippen LogP contribution is -2.61. The van der Waals surface area contributed by atoms with Gasteiger partial charge in [-0.1, -0.05) is 0 Å². The molecule has 2 fully saturated rings. The third kappa shape index (κ3) is 3.57. The summed E-state index contributed by atoms with van der Waals surface area (Å²) in [7, 11) is 0. The Balaban J connectivity index is 2.00. The Hall–Kier alpha value is -0.400. The maximum Gasteiger partial charge on any atom is 0.184 e. The molecule has 0 aromatic carbocycles. The van der Waals surface area contributed by atoms with Crippen molar-refractivity contribution < 1.29 is 50.0 Å². The molecule has 2 saturated heterocycles. The first kappa shape index (κ1) is 17.9. The second-order valence-corrected chi connectivity index (χ2v) is 5.41. The van der Waals surface area contributed by atoms with Crippen molar-refractivity contribution in [3.05, 3.63) is 0 Å². The third-order valence-corrected chi connectivity index (χ3v) is 3.87. The zero-order valence-corrected chi connectivity index (χ0v) is 11.7. The van der Waals surface area contributed by atoms with E-state index in [0.717, 1.165) is 0 Å². The van der Waals surface area contributed by atoms with E-state index in [1.165, 1.54) is 0 Å². The van der Waals surface area contributed by atoms with Gasteiger partial charge >= 0.3 is 0 Å². The molecule has 130 valence electrons. The van der Waals surface area contributed by atoms with Crippen LogP contribution in [-0.2, 0) is 14.2 Å². The molecule has 10 nitrogen and oxygen atoms in total. The van der Waals surface area contributed by atoms with Crippen LogP contribution < -0.4 is 0 Å². The quantitative estimate of drug-likeness (QED) is 0.268. The van der Waals surface area contributed by atoms with Crippen molar-refractivity contribution in [1.82, 2.24) is 0 Å². The van der Waals surface area contributed by atoms with Crippen LogP contribution in [0.15, 0.2) is 0 Å². The van der Waals surface area contributed by atoms with Crippen LogP contribution in [-0.4, -0.2) is 104 Å². The first-order chi connectivity index (χ1) is 10.4. The lowest BCUT2D eigenvalue weighted by Gasteiger charge is -2.43. The summed E-state index contributed by atoms with van der Waals surface area (Å²) in [6.07, 6.45) is -12.1. The van der Waals surface area contributed by atoms with E-state index in [9.17, 15) is 25.5 Å². The molecule has 2 rings (SSSR count). The van der Waals surface area contributed by atoms with Gasteiger partial charge in [0.05, 0.1) is 19.3 Å². The Morgan fingerprint density at radius 3 is 2.00 bits per heavy atom. The van der Waals surface area contributed by atoms with E-state index in [0.29, 0.717) is 0 Å². The summed E-state index contributed by atoms with van der Waals surface area (Å²) in [5.41, 5.74) is 0. The van der Waals surface area contributed by atoms with Crippen LogP contribution in [0.25, 0.3) is 0 Å². The molecule has 7 N–H and O–H groups in total. The van der Waals surface area contributed by atoms with E-state index in [1.54, 1.807) is 0 Å². The van der Waals surface area contributed by atoms with Gasteiger partial charge in [-0.15, -0.1) is 0 Å². The zero-order chi connectivity index (χ0) is 16.4. The second kappa shape index (κ2) is 7.45. The fourth-order valence-electron chi connectivity index (χ4n) is 2.55. The van der Waals surface area contributed by atoms with Crippen LogP contribution in [0.3, 0.4) is 0 Å². The monoisotopic (exact) mass is 326 g/mol. The number of hydrogen-bond acceptors (Lipinski definition) is 10. The Kier molecular flexibility index (Phi) is 6.07. The summed E-state index contributed by atoms with van der Waals surface area (Å²) in [5, 5.41) is 66.8. The van der Waals surface area contributed by atoms with Crippen LogP contribution in [0.4, 0.5) is 0 Å². The smallest absolute Gasteiger partial charge is 0.184 e. The predicted molar refractivity (Wildman–Crippen MR) is 67.2 cm³/mol. The molecule has 0 amide bonds. The summed E-state index contributed by atoms with van der Waals surface area (Å²) in [4.78, 5) is 0. The van der Waals surface area contributed by atoms with Gasteiger partial charge in [-0.05, 0) is 0 Å². The van der Waals surface area contributed by atoms with E-state index in [1.807, 2.05) is 0 Å². The van der Waals surface area contributed by atoms with Gasteiger partial charge in [0.15, 0.2) is 12.6 Å². The van der Waals surface area contributed by atoms with Crippen LogP contribution in [0.5, 0.6) is 0 Å². The number of aliphatic hydroxyl groups excluding tert-OH is 7. The maximum atomic E-state index is 9.94. The fourth-order valence-corrected chi connectivity index (χ4v) is 2.55. The van der Waals surface area contributed by atoms with Gasteiger partial charge in [0.2, 0.25) is 0 Å². The number of ether oxygens (including phenoxy) is 3. The molecule has 0 saturated carbocycles. The molecular formula is C12H22O10. The molecule has 10 heteroatoms. The topological polar surface area (TPSA) is 169 Å². The second-order valence-electron chi connectivity index (χ2n) is 5.41. The molecule has 0 aromatic heterocycles. The molecule has 9 atom stereocenters. The van der Waals surface area contributed by atoms with Gasteiger partial charge in [-0.2, -0.15) is 0 Å². The van der Waals surface area contributed by atoms with E-state index in [-0.39, 0.29) is 6.42 Å². The average Bonchev–Trinajstić information content (AvgIpc) is 2.50. The van der Waals surface area contributed by atoms with Gasteiger partial charge in [0, 0.05) is 6.42 Å². The Morgan fingerprint density at radius 1 is 0.818 bits per heavy atom. The van der Waals surface area contributed by atoms with Gasteiger partial charge in [-0.25, -0.2) is 0 Å². The Morgan fingerprint density at radius 2 is 1.41 bits per heavy atom. The fraction of sp³-hybridized carbons (Fsp3) is 1.00. The molecule has 0 spiro atoms. The molecule has 2 aliphatic heterocycles. The molecule has 2 aliphatic rings. The van der Waals surface area contributed by atoms with Crippen molar-refractivity contribution in [3.8, 4) is 0 Å². The Labute approximate surface area is 126 Å². The summed E-state index contributed by atoms with van der Waals surface area (Å²) in [6, 6.07) is 0. The molecule has 0 bridgehead atoms. The number of hydrogen-bond donors (Lipinski definition) is 7. The lowest BCUT2D eigenvalue weighted by atomic mass is 9.98. The Bertz CT molecular complexity index is 355. The lowest BCUT2D eigenvalue weighted by molar-refractivity contribution is -0.343. The number of aliphatic hydroxyl groups is 7. The average molecular weight is 326 g/mol. The predicted octanol–water partition coefficient (Wildman–Crippen LogP) is -4.37. The van der Waals surface area contributed by atoms with Crippen LogP contribution in [0.2, 0.25) is 0 Å². The largest absolute Gasteiger partial charge is 0.394 e. The number of rotatable bonds is 4. The molecular weight excluding hydrogens is 304 g/mol. The summed E-state index contributed by atoms with van der Waals surface area (Å²) in [5.74, 6) is 0. The normalized spacial score (nSPS) is 50.0. The minimum Gasteiger partial charge on any atom is -0.394 e. The highest BCUT2D eigenvalue weighted by Gasteiger charge is 2.47. The van der Waals surface area contributed by atoms with E-state index < -0.39 is 68.5 Å². The zero-order valence-electron chi connectivity index (χ0n) is 11.7.